The average Bonchev–Trinajstić information content (AvgIpc) is 2.82. The zero-order valence-corrected chi connectivity index (χ0v) is 12.5. The Labute approximate surface area is 121 Å². The van der Waals surface area contributed by atoms with E-state index in [2.05, 4.69) is 4.98 Å². The molecule has 0 saturated heterocycles. The first-order valence-corrected chi connectivity index (χ1v) is 6.57. The van der Waals surface area contributed by atoms with Crippen molar-refractivity contribution < 1.29 is 23.1 Å². The van der Waals surface area contributed by atoms with E-state index in [1.54, 1.807) is 6.92 Å². The second kappa shape index (κ2) is 6.05. The number of aliphatic hydroxyl groups is 1. The molecule has 1 N–H and O–H groups in total. The summed E-state index contributed by atoms with van der Waals surface area (Å²) >= 11 is 0. The topological polar surface area (TPSA) is 58.4 Å². The molecule has 2 unspecified atom stereocenters. The van der Waals surface area contributed by atoms with Gasteiger partial charge in [-0.3, -0.25) is 4.79 Å². The average molecular weight is 307 g/mol. The molecule has 0 bridgehead atoms. The normalized spacial score (nSPS) is 16.4. The highest BCUT2D eigenvalue weighted by Crippen LogP contribution is 2.41. The van der Waals surface area contributed by atoms with Crippen LogP contribution in [0.5, 0.6) is 0 Å². The van der Waals surface area contributed by atoms with Crippen molar-refractivity contribution >= 4 is 5.91 Å². The maximum Gasteiger partial charge on any atom is 0.425 e. The highest BCUT2D eigenvalue weighted by atomic mass is 19.4. The third kappa shape index (κ3) is 3.37. The predicted octanol–water partition coefficient (Wildman–Crippen LogP) is 1.82. The third-order valence-electron chi connectivity index (χ3n) is 3.71. The smallest absolute Gasteiger partial charge is 0.374 e. The number of carbonyl (C=O) groups is 1. The number of nitrogens with zero attached hydrogens (tertiary/aromatic N) is 3. The molecule has 1 rings (SSSR count). The predicted molar refractivity (Wildman–Crippen MR) is 70.3 cm³/mol. The maximum atomic E-state index is 13.3. The Hall–Kier alpha value is -1.57. The molecule has 0 spiro atoms. The monoisotopic (exact) mass is 307 g/mol. The van der Waals surface area contributed by atoms with Crippen LogP contribution in [0.2, 0.25) is 0 Å². The summed E-state index contributed by atoms with van der Waals surface area (Å²) in [6.45, 7) is 3.55. The molecule has 8 heteroatoms. The molecule has 0 aliphatic carbocycles. The zero-order chi connectivity index (χ0) is 16.4. The SMILES string of the molecule is CCC(C)N(C)C(=O)CC(O)(c1nccn1C)C(F)(F)F. The molecular weight excluding hydrogens is 287 g/mol. The lowest BCUT2D eigenvalue weighted by Gasteiger charge is -2.32. The van der Waals surface area contributed by atoms with E-state index < -0.39 is 29.9 Å². The van der Waals surface area contributed by atoms with Crippen LogP contribution in [-0.2, 0) is 17.4 Å². The van der Waals surface area contributed by atoms with Crippen molar-refractivity contribution in [2.75, 3.05) is 7.05 Å². The van der Waals surface area contributed by atoms with Gasteiger partial charge in [-0.25, -0.2) is 4.98 Å². The number of aryl methyl sites for hydroxylation is 1. The van der Waals surface area contributed by atoms with Crippen molar-refractivity contribution in [1.29, 1.82) is 0 Å². The van der Waals surface area contributed by atoms with E-state index in [0.717, 1.165) is 10.8 Å². The summed E-state index contributed by atoms with van der Waals surface area (Å²) < 4.78 is 40.9. The first kappa shape index (κ1) is 17.5. The summed E-state index contributed by atoms with van der Waals surface area (Å²) in [5, 5.41) is 10.1. The van der Waals surface area contributed by atoms with Crippen LogP contribution in [0, 0.1) is 0 Å². The van der Waals surface area contributed by atoms with Crippen molar-refractivity contribution in [3.05, 3.63) is 18.2 Å². The Morgan fingerprint density at radius 2 is 2.10 bits per heavy atom. The van der Waals surface area contributed by atoms with Gasteiger partial charge >= 0.3 is 6.18 Å². The fraction of sp³-hybridized carbons (Fsp3) is 0.692. The quantitative estimate of drug-likeness (QED) is 0.902. The molecule has 5 nitrogen and oxygen atoms in total. The van der Waals surface area contributed by atoms with E-state index in [1.165, 1.54) is 25.2 Å². The van der Waals surface area contributed by atoms with Crippen molar-refractivity contribution in [3.8, 4) is 0 Å². The summed E-state index contributed by atoms with van der Waals surface area (Å²) in [6.07, 6.45) is -3.06. The molecule has 2 atom stereocenters. The largest absolute Gasteiger partial charge is 0.425 e. The number of carbonyl (C=O) groups excluding carboxylic acids is 1. The number of aromatic nitrogens is 2. The van der Waals surface area contributed by atoms with E-state index in [4.69, 9.17) is 0 Å². The number of alkyl halides is 3. The summed E-state index contributed by atoms with van der Waals surface area (Å²) in [5.74, 6) is -1.38. The van der Waals surface area contributed by atoms with Gasteiger partial charge in [0, 0.05) is 32.5 Å². The number of amides is 1. The van der Waals surface area contributed by atoms with Crippen LogP contribution in [0.1, 0.15) is 32.5 Å². The van der Waals surface area contributed by atoms with Gasteiger partial charge in [-0.15, -0.1) is 0 Å². The fourth-order valence-corrected chi connectivity index (χ4v) is 1.93. The molecule has 21 heavy (non-hydrogen) atoms. The molecule has 120 valence electrons. The van der Waals surface area contributed by atoms with Gasteiger partial charge in [0.15, 0.2) is 5.82 Å². The van der Waals surface area contributed by atoms with Crippen molar-refractivity contribution in [2.45, 2.75) is 44.5 Å². The maximum absolute atomic E-state index is 13.3. The first-order valence-electron chi connectivity index (χ1n) is 6.57. The van der Waals surface area contributed by atoms with Gasteiger partial charge in [-0.2, -0.15) is 13.2 Å². The Morgan fingerprint density at radius 1 is 1.52 bits per heavy atom. The molecule has 0 aliphatic heterocycles. The number of rotatable bonds is 5. The van der Waals surface area contributed by atoms with Crippen molar-refractivity contribution in [3.63, 3.8) is 0 Å². The van der Waals surface area contributed by atoms with Gasteiger partial charge in [0.25, 0.3) is 0 Å². The molecular formula is C13H20F3N3O2. The fourth-order valence-electron chi connectivity index (χ4n) is 1.93. The van der Waals surface area contributed by atoms with Crippen LogP contribution in [0.15, 0.2) is 12.4 Å². The highest BCUT2D eigenvalue weighted by Gasteiger charge is 2.58. The first-order chi connectivity index (χ1) is 9.54. The second-order valence-electron chi connectivity index (χ2n) is 5.16. The van der Waals surface area contributed by atoms with E-state index in [0.29, 0.717) is 6.42 Å². The summed E-state index contributed by atoms with van der Waals surface area (Å²) in [7, 11) is 2.76. The Balaban J connectivity index is 3.12. The zero-order valence-electron chi connectivity index (χ0n) is 12.5. The lowest BCUT2D eigenvalue weighted by molar-refractivity contribution is -0.272. The molecule has 1 aromatic heterocycles. The minimum atomic E-state index is -5.00. The Bertz CT molecular complexity index is 501. The van der Waals surface area contributed by atoms with Gasteiger partial charge in [0.2, 0.25) is 11.5 Å². The second-order valence-corrected chi connectivity index (χ2v) is 5.16. The van der Waals surface area contributed by atoms with Crippen LogP contribution in [0.3, 0.4) is 0 Å². The van der Waals surface area contributed by atoms with Crippen LogP contribution in [0.4, 0.5) is 13.2 Å². The summed E-state index contributed by atoms with van der Waals surface area (Å²) in [6, 6.07) is -0.212. The molecule has 0 fully saturated rings. The third-order valence-corrected chi connectivity index (χ3v) is 3.71. The Kier molecular flexibility index (Phi) is 5.03. The molecule has 1 heterocycles. The molecule has 1 aromatic rings. The molecule has 0 aromatic carbocycles. The van der Waals surface area contributed by atoms with Gasteiger partial charge in [-0.1, -0.05) is 6.92 Å². The molecule has 0 radical (unpaired) electrons. The van der Waals surface area contributed by atoms with Crippen LogP contribution in [0.25, 0.3) is 0 Å². The molecule has 1 amide bonds. The number of hydrogen-bond acceptors (Lipinski definition) is 3. The van der Waals surface area contributed by atoms with Gasteiger partial charge < -0.3 is 14.6 Å². The van der Waals surface area contributed by atoms with Crippen LogP contribution >= 0.6 is 0 Å². The van der Waals surface area contributed by atoms with E-state index in [9.17, 15) is 23.1 Å². The number of hydrogen-bond donors (Lipinski definition) is 1. The summed E-state index contributed by atoms with van der Waals surface area (Å²) in [5.41, 5.74) is -3.30. The van der Waals surface area contributed by atoms with E-state index >= 15 is 0 Å². The molecule has 0 aliphatic rings. The van der Waals surface area contributed by atoms with Crippen molar-refractivity contribution in [1.82, 2.24) is 14.5 Å². The lowest BCUT2D eigenvalue weighted by atomic mass is 9.96. The Morgan fingerprint density at radius 3 is 2.48 bits per heavy atom. The summed E-state index contributed by atoms with van der Waals surface area (Å²) in [4.78, 5) is 16.8. The van der Waals surface area contributed by atoms with Crippen LogP contribution in [-0.4, -0.2) is 44.7 Å². The van der Waals surface area contributed by atoms with Crippen LogP contribution < -0.4 is 0 Å². The van der Waals surface area contributed by atoms with Gasteiger partial charge in [0.05, 0.1) is 6.42 Å². The molecule has 0 saturated carbocycles. The minimum Gasteiger partial charge on any atom is -0.374 e. The minimum absolute atomic E-state index is 0.212. The number of halogens is 3. The number of imidazole rings is 1. The van der Waals surface area contributed by atoms with Crippen molar-refractivity contribution in [2.24, 2.45) is 7.05 Å². The van der Waals surface area contributed by atoms with Gasteiger partial charge in [-0.05, 0) is 13.3 Å². The van der Waals surface area contributed by atoms with E-state index in [-0.39, 0.29) is 6.04 Å². The van der Waals surface area contributed by atoms with E-state index in [1.807, 2.05) is 6.92 Å². The lowest BCUT2D eigenvalue weighted by Crippen LogP contribution is -2.49. The van der Waals surface area contributed by atoms with Gasteiger partial charge in [0.1, 0.15) is 0 Å². The highest BCUT2D eigenvalue weighted by molar-refractivity contribution is 5.77. The standard InChI is InChI=1S/C13H20F3N3O2/c1-5-9(2)19(4)10(20)8-12(21,13(14,15)16)11-17-6-7-18(11)3/h6-7,9,21H,5,8H2,1-4H3.